The van der Waals surface area contributed by atoms with Crippen LogP contribution in [-0.2, 0) is 20.8 Å². The van der Waals surface area contributed by atoms with Gasteiger partial charge in [-0.3, -0.25) is 14.5 Å². The van der Waals surface area contributed by atoms with Gasteiger partial charge < -0.3 is 15.6 Å². The average Bonchev–Trinajstić information content (AvgIpc) is 2.99. The maximum atomic E-state index is 13.0. The SMILES string of the molecule is NC(=O)COc1ccccc1/C=C1\SC(=S)N(C(Cc2ccccc2)C(=O)O)C1=O. The molecule has 0 aliphatic carbocycles. The van der Waals surface area contributed by atoms with Gasteiger partial charge >= 0.3 is 5.97 Å². The van der Waals surface area contributed by atoms with Crippen molar-refractivity contribution in [1.82, 2.24) is 4.90 Å². The van der Waals surface area contributed by atoms with E-state index in [2.05, 4.69) is 0 Å². The number of rotatable bonds is 8. The molecule has 3 N–H and O–H groups in total. The molecule has 1 fully saturated rings. The van der Waals surface area contributed by atoms with E-state index in [9.17, 15) is 19.5 Å². The van der Waals surface area contributed by atoms with Gasteiger partial charge in [0.25, 0.3) is 11.8 Å². The molecule has 0 saturated carbocycles. The molecular weight excluding hydrogens is 424 g/mol. The second kappa shape index (κ2) is 9.55. The summed E-state index contributed by atoms with van der Waals surface area (Å²) < 4.78 is 5.55. The van der Waals surface area contributed by atoms with Gasteiger partial charge in [-0.2, -0.15) is 0 Å². The van der Waals surface area contributed by atoms with Crippen LogP contribution in [0.1, 0.15) is 11.1 Å². The van der Waals surface area contributed by atoms with Crippen molar-refractivity contribution in [3.8, 4) is 5.75 Å². The van der Waals surface area contributed by atoms with Crippen LogP contribution in [-0.4, -0.2) is 44.8 Å². The molecule has 2 aromatic rings. The van der Waals surface area contributed by atoms with Gasteiger partial charge in [-0.15, -0.1) is 0 Å². The van der Waals surface area contributed by atoms with Crippen LogP contribution in [0, 0.1) is 0 Å². The number of carboxylic acids is 1. The maximum absolute atomic E-state index is 13.0. The van der Waals surface area contributed by atoms with Crippen molar-refractivity contribution >= 4 is 52.2 Å². The molecule has 30 heavy (non-hydrogen) atoms. The Labute approximate surface area is 182 Å². The zero-order valence-corrected chi connectivity index (χ0v) is 17.3. The first-order valence-electron chi connectivity index (χ1n) is 8.90. The lowest BCUT2D eigenvalue weighted by Gasteiger charge is -2.23. The van der Waals surface area contributed by atoms with Crippen LogP contribution in [0.15, 0.2) is 59.5 Å². The third kappa shape index (κ3) is 5.05. The van der Waals surface area contributed by atoms with E-state index in [1.807, 2.05) is 18.2 Å². The van der Waals surface area contributed by atoms with Gasteiger partial charge in [0.1, 0.15) is 16.1 Å². The van der Waals surface area contributed by atoms with E-state index in [1.165, 1.54) is 0 Å². The van der Waals surface area contributed by atoms with Crippen molar-refractivity contribution < 1.29 is 24.2 Å². The summed E-state index contributed by atoms with van der Waals surface area (Å²) >= 11 is 6.34. The highest BCUT2D eigenvalue weighted by atomic mass is 32.2. The Hall–Kier alpha value is -3.17. The molecule has 3 rings (SSSR count). The highest BCUT2D eigenvalue weighted by molar-refractivity contribution is 8.26. The predicted molar refractivity (Wildman–Crippen MR) is 118 cm³/mol. The Kier molecular flexibility index (Phi) is 6.86. The number of hydrogen-bond acceptors (Lipinski definition) is 6. The molecule has 0 radical (unpaired) electrons. The number of carbonyl (C=O) groups is 3. The van der Waals surface area contributed by atoms with Gasteiger partial charge in [-0.1, -0.05) is 72.5 Å². The molecule has 1 aliphatic rings. The van der Waals surface area contributed by atoms with Crippen LogP contribution >= 0.6 is 24.0 Å². The fraction of sp³-hybridized carbons (Fsp3) is 0.143. The topological polar surface area (TPSA) is 110 Å². The van der Waals surface area contributed by atoms with E-state index in [1.54, 1.807) is 42.5 Å². The Bertz CT molecular complexity index is 1020. The van der Waals surface area contributed by atoms with Gasteiger partial charge in [0.05, 0.1) is 4.91 Å². The van der Waals surface area contributed by atoms with Gasteiger partial charge in [0.15, 0.2) is 6.61 Å². The van der Waals surface area contributed by atoms with Gasteiger partial charge in [0, 0.05) is 12.0 Å². The number of carbonyl (C=O) groups excluding carboxylic acids is 2. The minimum absolute atomic E-state index is 0.133. The lowest BCUT2D eigenvalue weighted by Crippen LogP contribution is -2.45. The molecule has 1 unspecified atom stereocenters. The quantitative estimate of drug-likeness (QED) is 0.477. The van der Waals surface area contributed by atoms with Crippen molar-refractivity contribution in [3.05, 3.63) is 70.6 Å². The molecule has 9 heteroatoms. The third-order valence-corrected chi connectivity index (χ3v) is 5.60. The fourth-order valence-electron chi connectivity index (χ4n) is 2.90. The maximum Gasteiger partial charge on any atom is 0.327 e. The van der Waals surface area contributed by atoms with Crippen LogP contribution in [0.25, 0.3) is 6.08 Å². The molecule has 2 amide bonds. The molecule has 0 aromatic heterocycles. The van der Waals surface area contributed by atoms with Crippen LogP contribution in [0.5, 0.6) is 5.75 Å². The minimum atomic E-state index is -1.14. The Morgan fingerprint density at radius 2 is 1.83 bits per heavy atom. The summed E-state index contributed by atoms with van der Waals surface area (Å²) in [5, 5.41) is 9.73. The van der Waals surface area contributed by atoms with Crippen molar-refractivity contribution in [2.24, 2.45) is 5.73 Å². The average molecular weight is 443 g/mol. The summed E-state index contributed by atoms with van der Waals surface area (Å²) in [4.78, 5) is 37.3. The first-order chi connectivity index (χ1) is 14.4. The first kappa shape index (κ1) is 21.5. The van der Waals surface area contributed by atoms with Crippen molar-refractivity contribution in [1.29, 1.82) is 0 Å². The number of thiocarbonyl (C=S) groups is 1. The number of primary amides is 1. The molecule has 154 valence electrons. The van der Waals surface area contributed by atoms with E-state index < -0.39 is 23.8 Å². The van der Waals surface area contributed by atoms with E-state index >= 15 is 0 Å². The second-order valence-corrected chi connectivity index (χ2v) is 8.06. The summed E-state index contributed by atoms with van der Waals surface area (Å²) in [6.07, 6.45) is 1.70. The zero-order valence-electron chi connectivity index (χ0n) is 15.7. The van der Waals surface area contributed by atoms with Crippen LogP contribution < -0.4 is 10.5 Å². The zero-order chi connectivity index (χ0) is 21.7. The molecule has 1 aliphatic heterocycles. The molecule has 1 atom stereocenters. The molecule has 2 aromatic carbocycles. The smallest absolute Gasteiger partial charge is 0.327 e. The summed E-state index contributed by atoms with van der Waals surface area (Å²) in [7, 11) is 0. The lowest BCUT2D eigenvalue weighted by atomic mass is 10.0. The van der Waals surface area contributed by atoms with E-state index in [0.717, 1.165) is 22.2 Å². The van der Waals surface area contributed by atoms with Crippen molar-refractivity contribution in [3.63, 3.8) is 0 Å². The molecule has 0 bridgehead atoms. The van der Waals surface area contributed by atoms with E-state index in [0.29, 0.717) is 11.3 Å². The van der Waals surface area contributed by atoms with E-state index in [4.69, 9.17) is 22.7 Å². The normalized spacial score (nSPS) is 16.0. The van der Waals surface area contributed by atoms with Gasteiger partial charge in [-0.25, -0.2) is 4.79 Å². The highest BCUT2D eigenvalue weighted by Crippen LogP contribution is 2.36. The molecule has 7 nitrogen and oxygen atoms in total. The predicted octanol–water partition coefficient (Wildman–Crippen LogP) is 2.45. The number of hydrogen-bond donors (Lipinski definition) is 2. The van der Waals surface area contributed by atoms with Crippen LogP contribution in [0.3, 0.4) is 0 Å². The number of aliphatic carboxylic acids is 1. The summed E-state index contributed by atoms with van der Waals surface area (Å²) in [5.74, 6) is -1.87. The number of benzene rings is 2. The van der Waals surface area contributed by atoms with Gasteiger partial charge in [0.2, 0.25) is 0 Å². The summed E-state index contributed by atoms with van der Waals surface area (Å²) in [5.41, 5.74) is 6.46. The van der Waals surface area contributed by atoms with Crippen molar-refractivity contribution in [2.45, 2.75) is 12.5 Å². The number of nitrogens with two attached hydrogens (primary N) is 1. The number of para-hydroxylation sites is 1. The Morgan fingerprint density at radius 3 is 2.50 bits per heavy atom. The fourth-order valence-corrected chi connectivity index (χ4v) is 4.24. The molecular formula is C21H18N2O5S2. The monoisotopic (exact) mass is 442 g/mol. The number of thioether (sulfide) groups is 1. The standard InChI is InChI=1S/C21H18N2O5S2/c22-18(24)12-28-16-9-5-4-8-14(16)11-17-19(25)23(21(29)30-17)15(20(26)27)10-13-6-2-1-3-7-13/h1-9,11,15H,10,12H2,(H2,22,24)(H,26,27)/b17-11-. The second-order valence-electron chi connectivity index (χ2n) is 6.39. The minimum Gasteiger partial charge on any atom is -0.483 e. The lowest BCUT2D eigenvalue weighted by molar-refractivity contribution is -0.145. The first-order valence-corrected chi connectivity index (χ1v) is 10.1. The number of carboxylic acid groups (broad SMARTS) is 1. The Morgan fingerprint density at radius 1 is 1.17 bits per heavy atom. The van der Waals surface area contributed by atoms with Crippen LogP contribution in [0.2, 0.25) is 0 Å². The molecule has 1 heterocycles. The van der Waals surface area contributed by atoms with E-state index in [-0.39, 0.29) is 22.3 Å². The Balaban J connectivity index is 1.87. The molecule has 0 spiro atoms. The van der Waals surface area contributed by atoms with Crippen molar-refractivity contribution in [2.75, 3.05) is 6.61 Å². The highest BCUT2D eigenvalue weighted by Gasteiger charge is 2.40. The third-order valence-electron chi connectivity index (χ3n) is 4.27. The number of nitrogens with zero attached hydrogens (tertiary/aromatic N) is 1. The number of amides is 2. The van der Waals surface area contributed by atoms with Crippen LogP contribution in [0.4, 0.5) is 0 Å². The number of ether oxygens (including phenoxy) is 1. The van der Waals surface area contributed by atoms with Gasteiger partial charge in [-0.05, 0) is 17.7 Å². The largest absolute Gasteiger partial charge is 0.483 e. The molecule has 1 saturated heterocycles. The summed E-state index contributed by atoms with van der Waals surface area (Å²) in [6.45, 7) is -0.302. The summed E-state index contributed by atoms with van der Waals surface area (Å²) in [6, 6.07) is 14.8.